The van der Waals surface area contributed by atoms with Crippen molar-refractivity contribution in [2.75, 3.05) is 19.3 Å². The van der Waals surface area contributed by atoms with Crippen LogP contribution < -0.4 is 5.32 Å². The number of hydrogen-bond donors (Lipinski definition) is 1. The molecule has 1 amide bonds. The van der Waals surface area contributed by atoms with Crippen molar-refractivity contribution in [3.8, 4) is 10.8 Å². The van der Waals surface area contributed by atoms with Gasteiger partial charge in [-0.05, 0) is 38.8 Å². The van der Waals surface area contributed by atoms with E-state index in [1.165, 1.54) is 21.9 Å². The van der Waals surface area contributed by atoms with Crippen molar-refractivity contribution in [3.05, 3.63) is 28.5 Å². The first-order chi connectivity index (χ1) is 11.7. The van der Waals surface area contributed by atoms with Gasteiger partial charge in [0.1, 0.15) is 10.6 Å². The van der Waals surface area contributed by atoms with Gasteiger partial charge < -0.3 is 9.73 Å². The van der Waals surface area contributed by atoms with Crippen LogP contribution in [-0.4, -0.2) is 49.0 Å². The third kappa shape index (κ3) is 4.10. The first kappa shape index (κ1) is 18.1. The van der Waals surface area contributed by atoms with Crippen LogP contribution >= 0.6 is 11.3 Å². The zero-order valence-corrected chi connectivity index (χ0v) is 16.0. The smallest absolute Gasteiger partial charge is 0.263 e. The first-order valence-electron chi connectivity index (χ1n) is 8.04. The van der Waals surface area contributed by atoms with Gasteiger partial charge in [0.05, 0.1) is 11.9 Å². The molecule has 1 saturated heterocycles. The molecular weight excluding hydrogens is 362 g/mol. The van der Waals surface area contributed by atoms with E-state index in [4.69, 9.17) is 4.42 Å². The van der Waals surface area contributed by atoms with Gasteiger partial charge >= 0.3 is 0 Å². The molecule has 1 N–H and O–H groups in total. The highest BCUT2D eigenvalue weighted by Gasteiger charge is 2.27. The standard InChI is InChI=1S/C16H21N3O4S2/c1-10-4-5-13(23-10)16-17-11(2)14(24-16)15(20)18-12-6-8-19(9-7-12)25(3,21)22/h4-5,12H,6-9H2,1-3H3,(H,18,20). The predicted octanol–water partition coefficient (Wildman–Crippen LogP) is 2.17. The van der Waals surface area contributed by atoms with Crippen LogP contribution in [0.4, 0.5) is 0 Å². The van der Waals surface area contributed by atoms with Crippen molar-refractivity contribution in [1.29, 1.82) is 0 Å². The van der Waals surface area contributed by atoms with Gasteiger partial charge in [-0.25, -0.2) is 17.7 Å². The van der Waals surface area contributed by atoms with Gasteiger partial charge in [-0.1, -0.05) is 0 Å². The number of rotatable bonds is 4. The molecule has 0 spiro atoms. The van der Waals surface area contributed by atoms with Gasteiger partial charge in [-0.3, -0.25) is 4.79 Å². The van der Waals surface area contributed by atoms with Crippen molar-refractivity contribution < 1.29 is 17.6 Å². The summed E-state index contributed by atoms with van der Waals surface area (Å²) in [6, 6.07) is 3.68. The minimum atomic E-state index is -3.16. The van der Waals surface area contributed by atoms with Crippen LogP contribution in [0.5, 0.6) is 0 Å². The molecule has 0 radical (unpaired) electrons. The van der Waals surface area contributed by atoms with Gasteiger partial charge in [0.2, 0.25) is 10.0 Å². The summed E-state index contributed by atoms with van der Waals surface area (Å²) in [5.74, 6) is 1.29. The Kier molecular flexibility index (Phi) is 4.99. The van der Waals surface area contributed by atoms with E-state index in [0.29, 0.717) is 47.3 Å². The zero-order chi connectivity index (χ0) is 18.2. The summed E-state index contributed by atoms with van der Waals surface area (Å²) < 4.78 is 30.1. The number of hydrogen-bond acceptors (Lipinski definition) is 6. The number of aromatic nitrogens is 1. The molecule has 0 aliphatic carbocycles. The molecule has 1 aliphatic heterocycles. The molecule has 3 rings (SSSR count). The van der Waals surface area contributed by atoms with Crippen LogP contribution in [0, 0.1) is 13.8 Å². The summed E-state index contributed by atoms with van der Waals surface area (Å²) in [5.41, 5.74) is 0.667. The van der Waals surface area contributed by atoms with Crippen LogP contribution in [0.2, 0.25) is 0 Å². The molecular formula is C16H21N3O4S2. The van der Waals surface area contributed by atoms with E-state index in [-0.39, 0.29) is 11.9 Å². The molecule has 136 valence electrons. The van der Waals surface area contributed by atoms with E-state index >= 15 is 0 Å². The normalized spacial score (nSPS) is 16.9. The molecule has 1 fully saturated rings. The Morgan fingerprint density at radius 2 is 2.00 bits per heavy atom. The quantitative estimate of drug-likeness (QED) is 0.873. The van der Waals surface area contributed by atoms with Crippen LogP contribution in [-0.2, 0) is 10.0 Å². The Morgan fingerprint density at radius 1 is 1.32 bits per heavy atom. The molecule has 3 heterocycles. The lowest BCUT2D eigenvalue weighted by molar-refractivity contribution is 0.0927. The lowest BCUT2D eigenvalue weighted by Gasteiger charge is -2.30. The minimum Gasteiger partial charge on any atom is -0.459 e. The number of nitrogens with zero attached hydrogens (tertiary/aromatic N) is 2. The average Bonchev–Trinajstić information content (AvgIpc) is 3.13. The summed E-state index contributed by atoms with van der Waals surface area (Å²) in [6.45, 7) is 4.53. The van der Waals surface area contributed by atoms with Crippen LogP contribution in [0.15, 0.2) is 16.5 Å². The SMILES string of the molecule is Cc1ccc(-c2nc(C)c(C(=O)NC3CCN(S(C)(=O)=O)CC3)s2)o1. The fourth-order valence-corrected chi connectivity index (χ4v) is 4.65. The molecule has 0 atom stereocenters. The summed E-state index contributed by atoms with van der Waals surface area (Å²) >= 11 is 1.30. The fraction of sp³-hybridized carbons (Fsp3) is 0.500. The van der Waals surface area contributed by atoms with Crippen molar-refractivity contribution in [3.63, 3.8) is 0 Å². The second kappa shape index (κ2) is 6.89. The molecule has 9 heteroatoms. The number of thiazole rings is 1. The number of piperidine rings is 1. The van der Waals surface area contributed by atoms with Crippen molar-refractivity contribution in [1.82, 2.24) is 14.6 Å². The maximum Gasteiger partial charge on any atom is 0.263 e. The topological polar surface area (TPSA) is 92.5 Å². The number of carbonyl (C=O) groups excluding carboxylic acids is 1. The molecule has 0 saturated carbocycles. The zero-order valence-electron chi connectivity index (χ0n) is 14.4. The second-order valence-electron chi connectivity index (χ2n) is 6.25. The van der Waals surface area contributed by atoms with Gasteiger partial charge in [-0.2, -0.15) is 0 Å². The number of nitrogens with one attached hydrogen (secondary N) is 1. The highest BCUT2D eigenvalue weighted by Crippen LogP contribution is 2.29. The van der Waals surface area contributed by atoms with E-state index in [1.807, 2.05) is 19.1 Å². The van der Waals surface area contributed by atoms with Gasteiger partial charge in [0.15, 0.2) is 10.8 Å². The van der Waals surface area contributed by atoms with Crippen LogP contribution in [0.25, 0.3) is 10.8 Å². The maximum absolute atomic E-state index is 12.6. The Balaban J connectivity index is 1.65. The average molecular weight is 383 g/mol. The summed E-state index contributed by atoms with van der Waals surface area (Å²) in [7, 11) is -3.16. The molecule has 0 unspecified atom stereocenters. The minimum absolute atomic E-state index is 0.0266. The van der Waals surface area contributed by atoms with E-state index in [0.717, 1.165) is 5.76 Å². The number of furan rings is 1. The second-order valence-corrected chi connectivity index (χ2v) is 9.24. The number of aryl methyl sites for hydroxylation is 2. The highest BCUT2D eigenvalue weighted by atomic mass is 32.2. The fourth-order valence-electron chi connectivity index (χ4n) is 2.84. The van der Waals surface area contributed by atoms with Gasteiger partial charge in [0, 0.05) is 19.1 Å². The predicted molar refractivity (Wildman–Crippen MR) is 96.2 cm³/mol. The van der Waals surface area contributed by atoms with E-state index in [1.54, 1.807) is 6.92 Å². The maximum atomic E-state index is 12.6. The monoisotopic (exact) mass is 383 g/mol. The van der Waals surface area contributed by atoms with E-state index in [9.17, 15) is 13.2 Å². The number of sulfonamides is 1. The third-order valence-corrected chi connectivity index (χ3v) is 6.69. The Hall–Kier alpha value is -1.71. The lowest BCUT2D eigenvalue weighted by atomic mass is 10.1. The summed E-state index contributed by atoms with van der Waals surface area (Å²) in [6.07, 6.45) is 2.44. The molecule has 25 heavy (non-hydrogen) atoms. The van der Waals surface area contributed by atoms with Gasteiger partial charge in [-0.15, -0.1) is 11.3 Å². The largest absolute Gasteiger partial charge is 0.459 e. The molecule has 0 aromatic carbocycles. The highest BCUT2D eigenvalue weighted by molar-refractivity contribution is 7.88. The summed E-state index contributed by atoms with van der Waals surface area (Å²) in [4.78, 5) is 17.6. The van der Waals surface area contributed by atoms with E-state index < -0.39 is 10.0 Å². The van der Waals surface area contributed by atoms with Crippen LogP contribution in [0.1, 0.15) is 34.0 Å². The molecule has 1 aliphatic rings. The Labute approximate surface area is 151 Å². The third-order valence-electron chi connectivity index (χ3n) is 4.21. The van der Waals surface area contributed by atoms with E-state index in [2.05, 4.69) is 10.3 Å². The molecule has 7 nitrogen and oxygen atoms in total. The van der Waals surface area contributed by atoms with Crippen molar-refractivity contribution >= 4 is 27.3 Å². The number of carbonyl (C=O) groups is 1. The molecule has 2 aromatic heterocycles. The Bertz CT molecular complexity index is 877. The first-order valence-corrected chi connectivity index (χ1v) is 10.7. The molecule has 2 aromatic rings. The van der Waals surface area contributed by atoms with Crippen molar-refractivity contribution in [2.24, 2.45) is 0 Å². The lowest BCUT2D eigenvalue weighted by Crippen LogP contribution is -2.46. The summed E-state index contributed by atoms with van der Waals surface area (Å²) in [5, 5.41) is 3.68. The number of amides is 1. The Morgan fingerprint density at radius 3 is 2.56 bits per heavy atom. The molecule has 0 bridgehead atoms. The van der Waals surface area contributed by atoms with Gasteiger partial charge in [0.25, 0.3) is 5.91 Å². The van der Waals surface area contributed by atoms with Crippen molar-refractivity contribution in [2.45, 2.75) is 32.7 Å². The van der Waals surface area contributed by atoms with Crippen LogP contribution in [0.3, 0.4) is 0 Å².